The second-order valence-corrected chi connectivity index (χ2v) is 9.41. The zero-order valence-electron chi connectivity index (χ0n) is 18.8. The highest BCUT2D eigenvalue weighted by molar-refractivity contribution is 6.11. The van der Waals surface area contributed by atoms with Gasteiger partial charge in [0.25, 0.3) is 6.33 Å². The third kappa shape index (κ3) is 3.29. The van der Waals surface area contributed by atoms with Gasteiger partial charge >= 0.3 is 0 Å². The molecule has 0 N–H and O–H groups in total. The molecular weight excluding hydrogens is 418 g/mol. The summed E-state index contributed by atoms with van der Waals surface area (Å²) in [6.07, 6.45) is 8.16. The Morgan fingerprint density at radius 3 is 2.64 bits per heavy atom. The van der Waals surface area contributed by atoms with Gasteiger partial charge in [0.2, 0.25) is 0 Å². The Labute approximate surface area is 190 Å². The Morgan fingerprint density at radius 1 is 1.03 bits per heavy atom. The van der Waals surface area contributed by atoms with Gasteiger partial charge in [-0.2, -0.15) is 0 Å². The molecule has 0 atom stereocenters. The second-order valence-electron chi connectivity index (χ2n) is 9.41. The summed E-state index contributed by atoms with van der Waals surface area (Å²) in [6, 6.07) is 12.3. The zero-order chi connectivity index (χ0) is 22.7. The molecule has 5 heteroatoms. The smallest absolute Gasteiger partial charge is 0.287 e. The molecule has 166 valence electrons. The van der Waals surface area contributed by atoms with E-state index in [0.29, 0.717) is 21.9 Å². The molecule has 1 aliphatic carbocycles. The number of furan rings is 1. The fraction of sp³-hybridized carbons (Fsp3) is 0.286. The summed E-state index contributed by atoms with van der Waals surface area (Å²) in [5, 5.41) is 1.94. The van der Waals surface area contributed by atoms with Gasteiger partial charge in [0, 0.05) is 11.5 Å². The van der Waals surface area contributed by atoms with Crippen molar-refractivity contribution in [3.63, 3.8) is 0 Å². The molecule has 3 aromatic carbocycles. The van der Waals surface area contributed by atoms with Gasteiger partial charge in [-0.3, -0.25) is 0 Å². The van der Waals surface area contributed by atoms with E-state index in [0.717, 1.165) is 40.1 Å². The van der Waals surface area contributed by atoms with E-state index < -0.39 is 5.82 Å². The van der Waals surface area contributed by atoms with Gasteiger partial charge in [0.1, 0.15) is 28.5 Å². The molecule has 1 saturated carbocycles. The van der Waals surface area contributed by atoms with Crippen LogP contribution in [-0.4, -0.2) is 4.98 Å². The highest BCUT2D eigenvalue weighted by atomic mass is 19.1. The topological polar surface area (TPSA) is 29.9 Å². The summed E-state index contributed by atoms with van der Waals surface area (Å²) in [6.45, 7) is 1.88. The van der Waals surface area contributed by atoms with Crippen molar-refractivity contribution in [2.45, 2.75) is 39.0 Å². The minimum Gasteiger partial charge on any atom is -0.455 e. The summed E-state index contributed by atoms with van der Waals surface area (Å²) in [5.41, 5.74) is 5.48. The van der Waals surface area contributed by atoms with Crippen molar-refractivity contribution in [3.05, 3.63) is 71.6 Å². The molecule has 1 fully saturated rings. The number of halogens is 2. The van der Waals surface area contributed by atoms with Crippen LogP contribution in [0.2, 0.25) is 0 Å². The molecule has 1 aliphatic rings. The van der Waals surface area contributed by atoms with Gasteiger partial charge in [-0.25, -0.2) is 13.3 Å². The van der Waals surface area contributed by atoms with Gasteiger partial charge in [0.05, 0.1) is 23.4 Å². The Bertz CT molecular complexity index is 1550. The van der Waals surface area contributed by atoms with E-state index in [2.05, 4.69) is 18.2 Å². The molecule has 0 saturated heterocycles. The van der Waals surface area contributed by atoms with Crippen molar-refractivity contribution in [2.24, 2.45) is 13.0 Å². The van der Waals surface area contributed by atoms with Gasteiger partial charge < -0.3 is 4.42 Å². The SMILES string of the molecule is Cc1cc(F)c2c(oc3cc(F)ccc32)c1-c1c2ccc(CC3CCCC3)cc2nc[n+]1C. The Hall–Kier alpha value is -3.34. The Morgan fingerprint density at radius 2 is 1.82 bits per heavy atom. The Balaban J connectivity index is 1.60. The summed E-state index contributed by atoms with van der Waals surface area (Å²) in [4.78, 5) is 4.69. The van der Waals surface area contributed by atoms with Crippen molar-refractivity contribution in [1.29, 1.82) is 0 Å². The summed E-state index contributed by atoms with van der Waals surface area (Å²) >= 11 is 0. The zero-order valence-corrected chi connectivity index (χ0v) is 18.8. The van der Waals surface area contributed by atoms with E-state index >= 15 is 4.39 Å². The molecule has 0 unspecified atom stereocenters. The van der Waals surface area contributed by atoms with Crippen molar-refractivity contribution in [2.75, 3.05) is 0 Å². The first-order valence-electron chi connectivity index (χ1n) is 11.6. The van der Waals surface area contributed by atoms with Crippen molar-refractivity contribution in [1.82, 2.24) is 4.98 Å². The average Bonchev–Trinajstić information content (AvgIpc) is 3.42. The summed E-state index contributed by atoms with van der Waals surface area (Å²) in [7, 11) is 1.94. The van der Waals surface area contributed by atoms with E-state index in [4.69, 9.17) is 9.40 Å². The lowest BCUT2D eigenvalue weighted by molar-refractivity contribution is -0.662. The first kappa shape index (κ1) is 20.3. The van der Waals surface area contributed by atoms with Crippen molar-refractivity contribution < 1.29 is 17.8 Å². The first-order chi connectivity index (χ1) is 16.0. The lowest BCUT2D eigenvalue weighted by Gasteiger charge is -2.12. The van der Waals surface area contributed by atoms with Gasteiger partial charge in [0.15, 0.2) is 5.52 Å². The largest absolute Gasteiger partial charge is 0.455 e. The van der Waals surface area contributed by atoms with E-state index in [1.54, 1.807) is 12.4 Å². The van der Waals surface area contributed by atoms with Crippen molar-refractivity contribution >= 4 is 32.8 Å². The normalized spacial score (nSPS) is 14.8. The van der Waals surface area contributed by atoms with E-state index in [-0.39, 0.29) is 5.82 Å². The Kier molecular flexibility index (Phi) is 4.68. The molecule has 3 nitrogen and oxygen atoms in total. The molecule has 0 amide bonds. The lowest BCUT2D eigenvalue weighted by Crippen LogP contribution is -2.32. The second kappa shape index (κ2) is 7.62. The fourth-order valence-corrected chi connectivity index (χ4v) is 5.56. The maximum Gasteiger partial charge on any atom is 0.287 e. The van der Waals surface area contributed by atoms with Crippen LogP contribution >= 0.6 is 0 Å². The van der Waals surface area contributed by atoms with E-state index in [1.807, 2.05) is 18.5 Å². The van der Waals surface area contributed by atoms with Crippen LogP contribution in [0.15, 0.2) is 53.2 Å². The third-order valence-corrected chi connectivity index (χ3v) is 7.13. The van der Waals surface area contributed by atoms with Crippen LogP contribution in [0.3, 0.4) is 0 Å². The third-order valence-electron chi connectivity index (χ3n) is 7.13. The number of hydrogen-bond donors (Lipinski definition) is 0. The van der Waals surface area contributed by atoms with Crippen LogP contribution in [0, 0.1) is 24.5 Å². The van der Waals surface area contributed by atoms with Gasteiger partial charge in [-0.15, -0.1) is 0 Å². The predicted molar refractivity (Wildman–Crippen MR) is 126 cm³/mol. The minimum absolute atomic E-state index is 0.343. The molecule has 0 spiro atoms. The monoisotopic (exact) mass is 443 g/mol. The molecule has 0 radical (unpaired) electrons. The maximum atomic E-state index is 15.1. The van der Waals surface area contributed by atoms with Gasteiger partial charge in [-0.1, -0.05) is 31.7 Å². The van der Waals surface area contributed by atoms with Crippen LogP contribution in [0.1, 0.15) is 36.8 Å². The highest BCUT2D eigenvalue weighted by Gasteiger charge is 2.25. The van der Waals surface area contributed by atoms with Crippen LogP contribution in [0.4, 0.5) is 8.78 Å². The molecule has 2 aromatic heterocycles. The quantitative estimate of drug-likeness (QED) is 0.283. The number of hydrogen-bond acceptors (Lipinski definition) is 2. The number of benzene rings is 3. The van der Waals surface area contributed by atoms with Crippen LogP contribution < -0.4 is 4.57 Å². The van der Waals surface area contributed by atoms with Crippen molar-refractivity contribution in [3.8, 4) is 11.3 Å². The van der Waals surface area contributed by atoms with Crippen LogP contribution in [-0.2, 0) is 13.5 Å². The number of aryl methyl sites for hydroxylation is 2. The highest BCUT2D eigenvalue weighted by Crippen LogP contribution is 2.40. The van der Waals surface area contributed by atoms with Gasteiger partial charge in [-0.05, 0) is 65.7 Å². The number of nitrogens with zero attached hydrogens (tertiary/aromatic N) is 2. The lowest BCUT2D eigenvalue weighted by atomic mass is 9.95. The molecule has 0 bridgehead atoms. The molecule has 6 rings (SSSR count). The fourth-order valence-electron chi connectivity index (χ4n) is 5.56. The molecule has 0 aliphatic heterocycles. The first-order valence-corrected chi connectivity index (χ1v) is 11.6. The molecular formula is C28H25F2N2O+. The maximum absolute atomic E-state index is 15.1. The van der Waals surface area contributed by atoms with E-state index in [1.165, 1.54) is 49.4 Å². The number of rotatable bonds is 3. The molecule has 5 aromatic rings. The van der Waals surface area contributed by atoms with E-state index in [9.17, 15) is 4.39 Å². The van der Waals surface area contributed by atoms with Crippen LogP contribution in [0.25, 0.3) is 44.1 Å². The molecule has 2 heterocycles. The van der Waals surface area contributed by atoms with Crippen LogP contribution in [0.5, 0.6) is 0 Å². The summed E-state index contributed by atoms with van der Waals surface area (Å²) in [5.74, 6) is -0.0110. The average molecular weight is 444 g/mol. The molecule has 33 heavy (non-hydrogen) atoms. The number of aromatic nitrogens is 2. The standard InChI is InChI=1S/C28H25F2N2O/c1-16-11-22(30)26-21-10-8-19(29)14-24(21)33-28(26)25(16)27-20-9-7-18(12-17-5-3-4-6-17)13-23(20)31-15-32(27)2/h7-11,13-15,17H,3-6,12H2,1-2H3/q+1. The minimum atomic E-state index is -0.407. The summed E-state index contributed by atoms with van der Waals surface area (Å²) < 4.78 is 37.0. The number of fused-ring (bicyclic) bond motifs is 4. The predicted octanol–water partition coefficient (Wildman–Crippen LogP) is 6.95.